The molecule has 0 atom stereocenters. The number of hydrogen-bond acceptors (Lipinski definition) is 2. The van der Waals surface area contributed by atoms with Gasteiger partial charge in [-0.1, -0.05) is 13.8 Å². The van der Waals surface area contributed by atoms with Crippen LogP contribution in [0.1, 0.15) is 37.0 Å². The van der Waals surface area contributed by atoms with Gasteiger partial charge in [0.1, 0.15) is 0 Å². The Labute approximate surface area is 107 Å². The van der Waals surface area contributed by atoms with Gasteiger partial charge in [-0.3, -0.25) is 4.79 Å². The van der Waals surface area contributed by atoms with Crippen molar-refractivity contribution in [3.8, 4) is 0 Å². The molecule has 4 nitrogen and oxygen atoms in total. The third-order valence-corrected chi connectivity index (χ3v) is 3.48. The molecule has 0 bridgehead atoms. The summed E-state index contributed by atoms with van der Waals surface area (Å²) in [4.78, 5) is 21.4. The van der Waals surface area contributed by atoms with Gasteiger partial charge in [0.05, 0.1) is 17.4 Å². The van der Waals surface area contributed by atoms with E-state index in [0.717, 1.165) is 23.9 Å². The van der Waals surface area contributed by atoms with Gasteiger partial charge >= 0.3 is 0 Å². The third kappa shape index (κ3) is 2.23. The summed E-state index contributed by atoms with van der Waals surface area (Å²) >= 11 is 0. The Balaban J connectivity index is 2.26. The van der Waals surface area contributed by atoms with Gasteiger partial charge in [-0.2, -0.15) is 0 Å². The Morgan fingerprint density at radius 3 is 2.78 bits per heavy atom. The van der Waals surface area contributed by atoms with E-state index in [0.29, 0.717) is 11.6 Å². The van der Waals surface area contributed by atoms with Crippen LogP contribution in [0.15, 0.2) is 24.5 Å². The molecular weight excluding hydrogens is 226 g/mol. The van der Waals surface area contributed by atoms with Gasteiger partial charge in [0, 0.05) is 18.7 Å². The summed E-state index contributed by atoms with van der Waals surface area (Å²) in [5.41, 5.74) is 2.50. The number of imidazole rings is 1. The van der Waals surface area contributed by atoms with Crippen LogP contribution in [0.3, 0.4) is 0 Å². The number of aromatic amines is 1. The molecule has 0 radical (unpaired) electrons. The van der Waals surface area contributed by atoms with Crippen LogP contribution in [0, 0.1) is 0 Å². The number of fused-ring (bicyclic) bond motifs is 1. The van der Waals surface area contributed by atoms with E-state index in [9.17, 15) is 4.79 Å². The van der Waals surface area contributed by atoms with Gasteiger partial charge < -0.3 is 9.88 Å². The lowest BCUT2D eigenvalue weighted by Gasteiger charge is -2.26. The number of H-pyrrole nitrogens is 1. The average molecular weight is 245 g/mol. The molecule has 0 unspecified atom stereocenters. The molecule has 96 valence electrons. The fourth-order valence-corrected chi connectivity index (χ4v) is 2.27. The van der Waals surface area contributed by atoms with E-state index in [4.69, 9.17) is 0 Å². The summed E-state index contributed by atoms with van der Waals surface area (Å²) in [6, 6.07) is 5.88. The molecular formula is C14H19N3O. The Morgan fingerprint density at radius 1 is 1.39 bits per heavy atom. The second kappa shape index (κ2) is 5.21. The summed E-state index contributed by atoms with van der Waals surface area (Å²) < 4.78 is 0. The maximum absolute atomic E-state index is 12.4. The zero-order chi connectivity index (χ0) is 13.1. The van der Waals surface area contributed by atoms with Crippen molar-refractivity contribution in [2.75, 3.05) is 7.05 Å². The first-order chi connectivity index (χ1) is 8.67. The topological polar surface area (TPSA) is 49.0 Å². The van der Waals surface area contributed by atoms with Crippen molar-refractivity contribution in [1.82, 2.24) is 14.9 Å². The zero-order valence-electron chi connectivity index (χ0n) is 11.1. The number of nitrogens with one attached hydrogen (secondary N) is 1. The van der Waals surface area contributed by atoms with Crippen LogP contribution in [-0.2, 0) is 0 Å². The first kappa shape index (κ1) is 12.6. The molecule has 0 aliphatic rings. The number of carbonyl (C=O) groups excluding carboxylic acids is 1. The number of benzene rings is 1. The predicted molar refractivity (Wildman–Crippen MR) is 72.6 cm³/mol. The normalized spacial score (nSPS) is 11.1. The first-order valence-electron chi connectivity index (χ1n) is 6.37. The van der Waals surface area contributed by atoms with E-state index in [1.54, 1.807) is 6.33 Å². The van der Waals surface area contributed by atoms with Crippen molar-refractivity contribution in [3.63, 3.8) is 0 Å². The monoisotopic (exact) mass is 245 g/mol. The van der Waals surface area contributed by atoms with Crippen LogP contribution >= 0.6 is 0 Å². The highest BCUT2D eigenvalue weighted by Gasteiger charge is 2.18. The highest BCUT2D eigenvalue weighted by molar-refractivity contribution is 5.97. The summed E-state index contributed by atoms with van der Waals surface area (Å²) in [6.07, 6.45) is 3.60. The number of carbonyl (C=O) groups is 1. The van der Waals surface area contributed by atoms with Crippen molar-refractivity contribution in [2.24, 2.45) is 0 Å². The van der Waals surface area contributed by atoms with Crippen molar-refractivity contribution in [2.45, 2.75) is 32.7 Å². The van der Waals surface area contributed by atoms with Gasteiger partial charge in [0.25, 0.3) is 5.91 Å². The molecule has 0 aliphatic heterocycles. The van der Waals surface area contributed by atoms with Crippen molar-refractivity contribution in [3.05, 3.63) is 30.1 Å². The average Bonchev–Trinajstić information content (AvgIpc) is 2.86. The Morgan fingerprint density at radius 2 is 2.11 bits per heavy atom. The molecule has 0 aliphatic carbocycles. The Kier molecular flexibility index (Phi) is 3.65. The fourth-order valence-electron chi connectivity index (χ4n) is 2.27. The molecule has 1 N–H and O–H groups in total. The summed E-state index contributed by atoms with van der Waals surface area (Å²) in [6.45, 7) is 4.21. The number of aromatic nitrogens is 2. The smallest absolute Gasteiger partial charge is 0.253 e. The maximum atomic E-state index is 12.4. The zero-order valence-corrected chi connectivity index (χ0v) is 11.1. The Bertz CT molecular complexity index is 543. The summed E-state index contributed by atoms with van der Waals surface area (Å²) in [5.74, 6) is 0.0696. The molecule has 1 amide bonds. The molecule has 0 saturated heterocycles. The second-order valence-corrected chi connectivity index (χ2v) is 4.52. The van der Waals surface area contributed by atoms with Crippen LogP contribution in [-0.4, -0.2) is 33.9 Å². The molecule has 1 aromatic carbocycles. The minimum absolute atomic E-state index is 0.0696. The van der Waals surface area contributed by atoms with Crippen LogP contribution < -0.4 is 0 Å². The van der Waals surface area contributed by atoms with E-state index in [1.165, 1.54) is 0 Å². The maximum Gasteiger partial charge on any atom is 0.253 e. The van der Waals surface area contributed by atoms with E-state index >= 15 is 0 Å². The quantitative estimate of drug-likeness (QED) is 0.900. The lowest BCUT2D eigenvalue weighted by atomic mass is 10.1. The van der Waals surface area contributed by atoms with Gasteiger partial charge in [-0.15, -0.1) is 0 Å². The van der Waals surface area contributed by atoms with Gasteiger partial charge in [-0.05, 0) is 31.0 Å². The van der Waals surface area contributed by atoms with E-state index in [1.807, 2.05) is 30.1 Å². The van der Waals surface area contributed by atoms with Gasteiger partial charge in [0.2, 0.25) is 0 Å². The fraction of sp³-hybridized carbons (Fsp3) is 0.429. The predicted octanol–water partition coefficient (Wildman–Crippen LogP) is 2.82. The molecule has 18 heavy (non-hydrogen) atoms. The molecule has 0 spiro atoms. The van der Waals surface area contributed by atoms with E-state index in [2.05, 4.69) is 23.8 Å². The molecule has 1 heterocycles. The van der Waals surface area contributed by atoms with Crippen LogP contribution in [0.25, 0.3) is 11.0 Å². The van der Waals surface area contributed by atoms with E-state index < -0.39 is 0 Å². The molecule has 0 fully saturated rings. The van der Waals surface area contributed by atoms with Crippen molar-refractivity contribution >= 4 is 16.9 Å². The number of nitrogens with zero attached hydrogens (tertiary/aromatic N) is 2. The summed E-state index contributed by atoms with van der Waals surface area (Å²) in [5, 5.41) is 0. The standard InChI is InChI=1S/C14H19N3O/c1-4-11(5-2)17(3)14(18)10-6-7-12-13(8-10)16-9-15-12/h6-9,11H,4-5H2,1-3H3,(H,15,16). The van der Waals surface area contributed by atoms with Crippen LogP contribution in [0.2, 0.25) is 0 Å². The SMILES string of the molecule is CCC(CC)N(C)C(=O)c1ccc2nc[nH]c2c1. The minimum atomic E-state index is 0.0696. The van der Waals surface area contributed by atoms with Crippen molar-refractivity contribution in [1.29, 1.82) is 0 Å². The van der Waals surface area contributed by atoms with E-state index in [-0.39, 0.29) is 5.91 Å². The second-order valence-electron chi connectivity index (χ2n) is 4.52. The molecule has 2 aromatic rings. The molecule has 2 rings (SSSR count). The summed E-state index contributed by atoms with van der Waals surface area (Å²) in [7, 11) is 1.87. The largest absolute Gasteiger partial charge is 0.345 e. The lowest BCUT2D eigenvalue weighted by molar-refractivity contribution is 0.0724. The molecule has 0 saturated carbocycles. The van der Waals surface area contributed by atoms with Crippen molar-refractivity contribution < 1.29 is 4.79 Å². The van der Waals surface area contributed by atoms with Crippen LogP contribution in [0.5, 0.6) is 0 Å². The van der Waals surface area contributed by atoms with Crippen LogP contribution in [0.4, 0.5) is 0 Å². The van der Waals surface area contributed by atoms with Gasteiger partial charge in [-0.25, -0.2) is 4.98 Å². The number of hydrogen-bond donors (Lipinski definition) is 1. The minimum Gasteiger partial charge on any atom is -0.345 e. The molecule has 4 heteroatoms. The first-order valence-corrected chi connectivity index (χ1v) is 6.37. The molecule has 1 aromatic heterocycles. The third-order valence-electron chi connectivity index (χ3n) is 3.48. The highest BCUT2D eigenvalue weighted by atomic mass is 16.2. The number of amides is 1. The Hall–Kier alpha value is -1.84. The highest BCUT2D eigenvalue weighted by Crippen LogP contribution is 2.15. The lowest BCUT2D eigenvalue weighted by Crippen LogP contribution is -2.36. The number of rotatable bonds is 4. The van der Waals surface area contributed by atoms with Gasteiger partial charge in [0.15, 0.2) is 0 Å².